The zero-order chi connectivity index (χ0) is 13.4. The van der Waals surface area contributed by atoms with Crippen LogP contribution in [0.25, 0.3) is 0 Å². The van der Waals surface area contributed by atoms with E-state index in [4.69, 9.17) is 0 Å². The van der Waals surface area contributed by atoms with Gasteiger partial charge in [-0.3, -0.25) is 4.48 Å². The van der Waals surface area contributed by atoms with Gasteiger partial charge in [-0.1, -0.05) is 39.8 Å². The van der Waals surface area contributed by atoms with E-state index in [1.165, 1.54) is 54.6 Å². The minimum absolute atomic E-state index is 1.13. The first-order valence-electron chi connectivity index (χ1n) is 7.68. The largest absolute Gasteiger partial charge is 0.291 e. The van der Waals surface area contributed by atoms with Crippen molar-refractivity contribution < 1.29 is 0 Å². The Balaban J connectivity index is 3.04. The maximum Gasteiger partial charge on any atom is 0.132 e. The van der Waals surface area contributed by atoms with E-state index in [-0.39, 0.29) is 0 Å². The summed E-state index contributed by atoms with van der Waals surface area (Å²) in [5.74, 6) is 0. The van der Waals surface area contributed by atoms with Crippen LogP contribution >= 0.6 is 0 Å². The van der Waals surface area contributed by atoms with Gasteiger partial charge in [0.25, 0.3) is 0 Å². The van der Waals surface area contributed by atoms with E-state index >= 15 is 0 Å². The van der Waals surface area contributed by atoms with Crippen LogP contribution in [0.5, 0.6) is 0 Å². The first-order valence-corrected chi connectivity index (χ1v) is 7.68. The summed E-state index contributed by atoms with van der Waals surface area (Å²) in [5, 5.41) is 0. The van der Waals surface area contributed by atoms with Crippen LogP contribution in [-0.2, 0) is 6.42 Å². The maximum absolute atomic E-state index is 2.36. The first kappa shape index (κ1) is 15.2. The molecule has 0 aromatic heterocycles. The molecule has 0 spiro atoms. The maximum atomic E-state index is 2.36. The third kappa shape index (κ3) is 3.58. The van der Waals surface area contributed by atoms with Crippen LogP contribution in [0.2, 0.25) is 0 Å². The van der Waals surface area contributed by atoms with Gasteiger partial charge in [-0.05, 0) is 43.4 Å². The molecule has 0 fully saturated rings. The second-order valence-electron chi connectivity index (χ2n) is 5.34. The molecule has 1 nitrogen and oxygen atoms in total. The van der Waals surface area contributed by atoms with E-state index in [1.807, 2.05) is 0 Å². The molecule has 102 valence electrons. The Morgan fingerprint density at radius 1 is 0.722 bits per heavy atom. The van der Waals surface area contributed by atoms with Crippen LogP contribution in [-0.4, -0.2) is 19.6 Å². The summed E-state index contributed by atoms with van der Waals surface area (Å²) in [6.45, 7) is 12.9. The molecule has 0 amide bonds. The number of hydrogen-bond acceptors (Lipinski definition) is 0. The topological polar surface area (TPSA) is 0 Å². The minimum atomic E-state index is 1.13. The molecule has 18 heavy (non-hydrogen) atoms. The minimum Gasteiger partial charge on any atom is -0.291 e. The van der Waals surface area contributed by atoms with Crippen LogP contribution < -0.4 is 4.48 Å². The van der Waals surface area contributed by atoms with Gasteiger partial charge >= 0.3 is 0 Å². The third-order valence-corrected chi connectivity index (χ3v) is 3.85. The molecule has 0 atom stereocenters. The summed E-state index contributed by atoms with van der Waals surface area (Å²) in [5.41, 5.74) is 2.96. The number of nitrogens with zero attached hydrogens (tertiary/aromatic N) is 1. The van der Waals surface area contributed by atoms with Crippen molar-refractivity contribution in [1.82, 2.24) is 4.48 Å². The van der Waals surface area contributed by atoms with Crippen LogP contribution in [0.1, 0.15) is 52.5 Å². The Hall–Kier alpha value is -0.820. The highest BCUT2D eigenvalue weighted by atomic mass is 15.4. The molecule has 0 aliphatic carbocycles. The monoisotopic (exact) mass is 248 g/mol. The van der Waals surface area contributed by atoms with Crippen molar-refractivity contribution in [2.45, 2.75) is 53.4 Å². The molecule has 1 rings (SSSR count). The van der Waals surface area contributed by atoms with E-state index < -0.39 is 0 Å². The van der Waals surface area contributed by atoms with Crippen LogP contribution in [0, 0.1) is 0 Å². The SMILES string of the molecule is CCC[N+](CCC)(CCC)c1ccc(CC)cc1. The van der Waals surface area contributed by atoms with Gasteiger partial charge in [-0.15, -0.1) is 0 Å². The average Bonchev–Trinajstić information content (AvgIpc) is 2.39. The van der Waals surface area contributed by atoms with Crippen LogP contribution in [0.4, 0.5) is 5.69 Å². The summed E-state index contributed by atoms with van der Waals surface area (Å²) in [4.78, 5) is 0. The van der Waals surface area contributed by atoms with Crippen LogP contribution in [0.3, 0.4) is 0 Å². The standard InChI is InChI=1S/C17H30N/c1-5-13-18(14-6-2,15-7-3)17-11-9-16(8-4)10-12-17/h9-12H,5-8,13-15H2,1-4H3/q+1. The van der Waals surface area contributed by atoms with Crippen molar-refractivity contribution in [3.05, 3.63) is 29.8 Å². The summed E-state index contributed by atoms with van der Waals surface area (Å²) in [6.07, 6.45) is 4.91. The van der Waals surface area contributed by atoms with Gasteiger partial charge in [0.15, 0.2) is 0 Å². The number of benzene rings is 1. The van der Waals surface area contributed by atoms with Crippen LogP contribution in [0.15, 0.2) is 24.3 Å². The van der Waals surface area contributed by atoms with Crippen molar-refractivity contribution >= 4 is 5.69 Å². The quantitative estimate of drug-likeness (QED) is 0.580. The summed E-state index contributed by atoms with van der Waals surface area (Å²) >= 11 is 0. The molecule has 0 aliphatic rings. The predicted octanol–water partition coefficient (Wildman–Crippen LogP) is 4.79. The lowest BCUT2D eigenvalue weighted by atomic mass is 10.1. The second kappa shape index (κ2) is 7.58. The number of aryl methyl sites for hydroxylation is 1. The molecular formula is C17H30N+. The summed E-state index contributed by atoms with van der Waals surface area (Å²) < 4.78 is 1.17. The van der Waals surface area contributed by atoms with Gasteiger partial charge in [0.05, 0.1) is 19.6 Å². The number of rotatable bonds is 8. The molecule has 0 radical (unpaired) electrons. The Bertz CT molecular complexity index is 309. The van der Waals surface area contributed by atoms with Gasteiger partial charge < -0.3 is 0 Å². The van der Waals surface area contributed by atoms with Gasteiger partial charge in [0.2, 0.25) is 0 Å². The van der Waals surface area contributed by atoms with Gasteiger partial charge in [-0.2, -0.15) is 0 Å². The molecule has 0 heterocycles. The third-order valence-electron chi connectivity index (χ3n) is 3.85. The molecule has 0 unspecified atom stereocenters. The van der Waals surface area contributed by atoms with E-state index in [1.54, 1.807) is 0 Å². The fraction of sp³-hybridized carbons (Fsp3) is 0.647. The molecule has 0 aliphatic heterocycles. The van der Waals surface area contributed by atoms with Gasteiger partial charge in [-0.25, -0.2) is 0 Å². The van der Waals surface area contributed by atoms with Gasteiger partial charge in [0.1, 0.15) is 5.69 Å². The highest BCUT2D eigenvalue weighted by Crippen LogP contribution is 2.25. The predicted molar refractivity (Wildman–Crippen MR) is 83.1 cm³/mol. The smallest absolute Gasteiger partial charge is 0.132 e. The lowest BCUT2D eigenvalue weighted by molar-refractivity contribution is 0.273. The lowest BCUT2D eigenvalue weighted by Gasteiger charge is -2.38. The molecular weight excluding hydrogens is 218 g/mol. The zero-order valence-electron chi connectivity index (χ0n) is 12.7. The van der Waals surface area contributed by atoms with Crippen molar-refractivity contribution in [2.24, 2.45) is 0 Å². The van der Waals surface area contributed by atoms with Gasteiger partial charge in [0, 0.05) is 0 Å². The summed E-state index contributed by atoms with van der Waals surface area (Å²) in [6, 6.07) is 9.34. The molecule has 0 saturated heterocycles. The molecule has 1 aromatic rings. The Labute approximate surface area is 113 Å². The van der Waals surface area contributed by atoms with E-state index in [0.717, 1.165) is 6.42 Å². The molecule has 0 bridgehead atoms. The molecule has 0 saturated carbocycles. The summed E-state index contributed by atoms with van der Waals surface area (Å²) in [7, 11) is 0. The normalized spacial score (nSPS) is 11.8. The Kier molecular flexibility index (Phi) is 6.42. The number of quaternary nitrogens is 1. The number of hydrogen-bond donors (Lipinski definition) is 0. The van der Waals surface area contributed by atoms with E-state index in [9.17, 15) is 0 Å². The Morgan fingerprint density at radius 2 is 1.17 bits per heavy atom. The van der Waals surface area contributed by atoms with Crippen molar-refractivity contribution in [3.63, 3.8) is 0 Å². The van der Waals surface area contributed by atoms with Crippen molar-refractivity contribution in [1.29, 1.82) is 0 Å². The second-order valence-corrected chi connectivity index (χ2v) is 5.34. The fourth-order valence-corrected chi connectivity index (χ4v) is 3.05. The van der Waals surface area contributed by atoms with Crippen molar-refractivity contribution in [2.75, 3.05) is 19.6 Å². The molecule has 1 aromatic carbocycles. The Morgan fingerprint density at radius 3 is 1.50 bits per heavy atom. The lowest BCUT2D eigenvalue weighted by Crippen LogP contribution is -2.51. The van der Waals surface area contributed by atoms with E-state index in [0.29, 0.717) is 0 Å². The zero-order valence-corrected chi connectivity index (χ0v) is 12.7. The molecule has 0 N–H and O–H groups in total. The first-order chi connectivity index (χ1) is 8.72. The van der Waals surface area contributed by atoms with Crippen molar-refractivity contribution in [3.8, 4) is 0 Å². The molecule has 1 heteroatoms. The highest BCUT2D eigenvalue weighted by Gasteiger charge is 2.27. The van der Waals surface area contributed by atoms with E-state index in [2.05, 4.69) is 52.0 Å². The fourth-order valence-electron chi connectivity index (χ4n) is 3.05. The average molecular weight is 248 g/mol. The highest BCUT2D eigenvalue weighted by molar-refractivity contribution is 5.44.